The molecule has 0 saturated heterocycles. The van der Waals surface area contributed by atoms with Crippen molar-refractivity contribution < 1.29 is 4.79 Å². The lowest BCUT2D eigenvalue weighted by Crippen LogP contribution is -2.09. The molecule has 0 bridgehead atoms. The van der Waals surface area contributed by atoms with Gasteiger partial charge in [0.2, 0.25) is 0 Å². The molecule has 2 aromatic heterocycles. The molecule has 6 nitrogen and oxygen atoms in total. The van der Waals surface area contributed by atoms with Gasteiger partial charge in [0.1, 0.15) is 0 Å². The van der Waals surface area contributed by atoms with Crippen LogP contribution >= 0.6 is 0 Å². The Morgan fingerprint density at radius 1 is 1.47 bits per heavy atom. The molecule has 0 aliphatic heterocycles. The van der Waals surface area contributed by atoms with Crippen molar-refractivity contribution in [1.29, 1.82) is 0 Å². The molecule has 0 aromatic carbocycles. The Bertz CT molecular complexity index is 561. The zero-order valence-corrected chi connectivity index (χ0v) is 9.42. The summed E-state index contributed by atoms with van der Waals surface area (Å²) in [6.07, 6.45) is 4.66. The number of aromatic nitrogens is 3. The molecule has 0 unspecified atom stereocenters. The lowest BCUT2D eigenvalue weighted by Gasteiger charge is -2.05. The number of rotatable bonds is 3. The van der Waals surface area contributed by atoms with E-state index in [1.165, 1.54) is 10.9 Å². The highest BCUT2D eigenvalue weighted by Crippen LogP contribution is 2.12. The third-order valence-corrected chi connectivity index (χ3v) is 2.43. The summed E-state index contributed by atoms with van der Waals surface area (Å²) in [6.45, 7) is 2.35. The summed E-state index contributed by atoms with van der Waals surface area (Å²) >= 11 is 0. The first kappa shape index (κ1) is 11.3. The Labute approximate surface area is 98.3 Å². The van der Waals surface area contributed by atoms with Crippen LogP contribution in [-0.4, -0.2) is 20.7 Å². The van der Waals surface area contributed by atoms with E-state index < -0.39 is 5.91 Å². The van der Waals surface area contributed by atoms with Crippen LogP contribution in [0.15, 0.2) is 24.7 Å². The molecule has 2 heterocycles. The second-order valence-electron chi connectivity index (χ2n) is 3.73. The van der Waals surface area contributed by atoms with E-state index in [1.807, 2.05) is 13.0 Å². The topological polar surface area (TPSA) is 99.8 Å². The van der Waals surface area contributed by atoms with Gasteiger partial charge >= 0.3 is 0 Å². The van der Waals surface area contributed by atoms with Crippen LogP contribution in [0.3, 0.4) is 0 Å². The van der Waals surface area contributed by atoms with E-state index in [1.54, 1.807) is 12.4 Å². The fourth-order valence-electron chi connectivity index (χ4n) is 1.54. The normalized spacial score (nSPS) is 10.5. The number of carbonyl (C=O) groups is 1. The molecule has 0 aliphatic carbocycles. The van der Waals surface area contributed by atoms with Gasteiger partial charge in [0.25, 0.3) is 5.91 Å². The van der Waals surface area contributed by atoms with Crippen LogP contribution in [0.5, 0.6) is 0 Å². The fraction of sp³-hybridized carbons (Fsp3) is 0.182. The van der Waals surface area contributed by atoms with Crippen LogP contribution in [0.2, 0.25) is 0 Å². The Balaban J connectivity index is 2.42. The minimum atomic E-state index is -0.507. The molecule has 0 aliphatic rings. The molecule has 0 saturated carbocycles. The van der Waals surface area contributed by atoms with Crippen molar-refractivity contribution in [3.8, 4) is 5.82 Å². The second-order valence-corrected chi connectivity index (χ2v) is 3.73. The average Bonchev–Trinajstić information content (AvgIpc) is 2.78. The number of primary amides is 1. The summed E-state index contributed by atoms with van der Waals surface area (Å²) in [5.74, 6) is 0.155. The summed E-state index contributed by atoms with van der Waals surface area (Å²) in [7, 11) is 0. The standard InChI is InChI=1S/C11H13N5O/c1-7-2-8(3-12)4-14-11(7)16-6-9(5-15-16)10(13)17/h2,4-6H,3,12H2,1H3,(H2,13,17). The van der Waals surface area contributed by atoms with Crippen LogP contribution in [-0.2, 0) is 6.54 Å². The predicted molar refractivity (Wildman–Crippen MR) is 62.5 cm³/mol. The Morgan fingerprint density at radius 2 is 2.24 bits per heavy atom. The van der Waals surface area contributed by atoms with Crippen molar-refractivity contribution >= 4 is 5.91 Å². The van der Waals surface area contributed by atoms with Gasteiger partial charge in [-0.2, -0.15) is 5.10 Å². The first-order valence-corrected chi connectivity index (χ1v) is 5.12. The molecule has 0 radical (unpaired) electrons. The zero-order chi connectivity index (χ0) is 12.4. The number of amides is 1. The quantitative estimate of drug-likeness (QED) is 0.784. The number of hydrogen-bond acceptors (Lipinski definition) is 4. The molecular formula is C11H13N5O. The molecule has 0 spiro atoms. The molecule has 1 amide bonds. The molecule has 2 aromatic rings. The van der Waals surface area contributed by atoms with Crippen molar-refractivity contribution in [1.82, 2.24) is 14.8 Å². The number of carbonyl (C=O) groups excluding carboxylic acids is 1. The largest absolute Gasteiger partial charge is 0.366 e. The van der Waals surface area contributed by atoms with E-state index in [0.29, 0.717) is 17.9 Å². The van der Waals surface area contributed by atoms with E-state index in [9.17, 15) is 4.79 Å². The highest BCUT2D eigenvalue weighted by molar-refractivity contribution is 5.92. The number of pyridine rings is 1. The molecule has 4 N–H and O–H groups in total. The maximum atomic E-state index is 11.0. The summed E-state index contributed by atoms with van der Waals surface area (Å²) in [4.78, 5) is 15.2. The molecule has 0 atom stereocenters. The Kier molecular flexibility index (Phi) is 2.88. The first-order valence-electron chi connectivity index (χ1n) is 5.12. The maximum Gasteiger partial charge on any atom is 0.251 e. The third kappa shape index (κ3) is 2.16. The van der Waals surface area contributed by atoms with E-state index in [0.717, 1.165) is 11.1 Å². The Hall–Kier alpha value is -2.21. The van der Waals surface area contributed by atoms with E-state index >= 15 is 0 Å². The van der Waals surface area contributed by atoms with Gasteiger partial charge in [-0.1, -0.05) is 0 Å². The molecule has 88 valence electrons. The smallest absolute Gasteiger partial charge is 0.251 e. The van der Waals surface area contributed by atoms with Crippen LogP contribution in [0, 0.1) is 6.92 Å². The summed E-state index contributed by atoms with van der Waals surface area (Å²) in [6, 6.07) is 1.94. The maximum absolute atomic E-state index is 11.0. The van der Waals surface area contributed by atoms with Crippen LogP contribution in [0.25, 0.3) is 5.82 Å². The average molecular weight is 231 g/mol. The predicted octanol–water partition coefficient (Wildman–Crippen LogP) is 0.133. The van der Waals surface area contributed by atoms with Gasteiger partial charge in [-0.3, -0.25) is 4.79 Å². The van der Waals surface area contributed by atoms with Gasteiger partial charge in [0.05, 0.1) is 11.8 Å². The number of nitrogens with two attached hydrogens (primary N) is 2. The van der Waals surface area contributed by atoms with Gasteiger partial charge in [-0.05, 0) is 24.1 Å². The van der Waals surface area contributed by atoms with Crippen molar-refractivity contribution in [3.05, 3.63) is 41.3 Å². The molecule has 17 heavy (non-hydrogen) atoms. The van der Waals surface area contributed by atoms with E-state index in [4.69, 9.17) is 11.5 Å². The van der Waals surface area contributed by atoms with Gasteiger partial charge < -0.3 is 11.5 Å². The van der Waals surface area contributed by atoms with Crippen molar-refractivity contribution in [2.45, 2.75) is 13.5 Å². The highest BCUT2D eigenvalue weighted by atomic mass is 16.1. The van der Waals surface area contributed by atoms with E-state index in [-0.39, 0.29) is 0 Å². The van der Waals surface area contributed by atoms with Gasteiger partial charge in [-0.15, -0.1) is 0 Å². The monoisotopic (exact) mass is 231 g/mol. The summed E-state index contributed by atoms with van der Waals surface area (Å²) in [5, 5.41) is 4.05. The number of hydrogen-bond donors (Lipinski definition) is 2. The SMILES string of the molecule is Cc1cc(CN)cnc1-n1cc(C(N)=O)cn1. The lowest BCUT2D eigenvalue weighted by molar-refractivity contribution is 0.100. The Morgan fingerprint density at radius 3 is 2.76 bits per heavy atom. The number of nitrogens with zero attached hydrogens (tertiary/aromatic N) is 3. The van der Waals surface area contributed by atoms with Gasteiger partial charge in [0, 0.05) is 18.9 Å². The summed E-state index contributed by atoms with van der Waals surface area (Å²) < 4.78 is 1.52. The van der Waals surface area contributed by atoms with Crippen molar-refractivity contribution in [2.75, 3.05) is 0 Å². The first-order chi connectivity index (χ1) is 8.11. The minimum Gasteiger partial charge on any atom is -0.366 e. The second kappa shape index (κ2) is 4.34. The number of aryl methyl sites for hydroxylation is 1. The summed E-state index contributed by atoms with van der Waals surface area (Å²) in [5.41, 5.74) is 12.9. The zero-order valence-electron chi connectivity index (χ0n) is 9.42. The third-order valence-electron chi connectivity index (χ3n) is 2.43. The van der Waals surface area contributed by atoms with Crippen molar-refractivity contribution in [3.63, 3.8) is 0 Å². The van der Waals surface area contributed by atoms with Gasteiger partial charge in [0.15, 0.2) is 5.82 Å². The molecular weight excluding hydrogens is 218 g/mol. The molecule has 6 heteroatoms. The molecule has 2 rings (SSSR count). The van der Waals surface area contributed by atoms with E-state index in [2.05, 4.69) is 10.1 Å². The van der Waals surface area contributed by atoms with Crippen LogP contribution in [0.4, 0.5) is 0 Å². The lowest BCUT2D eigenvalue weighted by atomic mass is 10.2. The minimum absolute atomic E-state index is 0.356. The van der Waals surface area contributed by atoms with Crippen molar-refractivity contribution in [2.24, 2.45) is 11.5 Å². The van der Waals surface area contributed by atoms with Crippen LogP contribution < -0.4 is 11.5 Å². The fourth-order valence-corrected chi connectivity index (χ4v) is 1.54. The van der Waals surface area contributed by atoms with Gasteiger partial charge in [-0.25, -0.2) is 9.67 Å². The highest BCUT2D eigenvalue weighted by Gasteiger charge is 2.08. The molecule has 0 fully saturated rings. The van der Waals surface area contributed by atoms with Crippen LogP contribution in [0.1, 0.15) is 21.5 Å².